The van der Waals surface area contributed by atoms with E-state index in [1.165, 1.54) is 28.1 Å². The average molecular weight is 463 g/mol. The lowest BCUT2D eigenvalue weighted by molar-refractivity contribution is -0.137. The van der Waals surface area contributed by atoms with Crippen LogP contribution in [0.2, 0.25) is 0 Å². The highest BCUT2D eigenvalue weighted by Crippen LogP contribution is 2.36. The van der Waals surface area contributed by atoms with E-state index < -0.39 is 17.0 Å². The molecule has 0 aromatic carbocycles. The number of aromatic amines is 1. The first kappa shape index (κ1) is 19.8. The van der Waals surface area contributed by atoms with E-state index in [2.05, 4.69) is 20.2 Å². The van der Waals surface area contributed by atoms with Crippen molar-refractivity contribution in [2.75, 3.05) is 0 Å². The largest absolute Gasteiger partial charge is 0.464 e. The monoisotopic (exact) mass is 463 g/mol. The fraction of sp³-hybridized carbons (Fsp3) is 0.158. The number of fused-ring (bicyclic) bond motifs is 2. The van der Waals surface area contributed by atoms with E-state index in [-0.39, 0.29) is 10.7 Å². The third-order valence-electron chi connectivity index (χ3n) is 4.61. The Morgan fingerprint density at radius 3 is 2.84 bits per heavy atom. The second-order valence-electron chi connectivity index (χ2n) is 6.64. The van der Waals surface area contributed by atoms with Crippen LogP contribution >= 0.6 is 23.1 Å². The van der Waals surface area contributed by atoms with Gasteiger partial charge in [0.2, 0.25) is 0 Å². The van der Waals surface area contributed by atoms with Gasteiger partial charge in [0.15, 0.2) is 10.8 Å². The van der Waals surface area contributed by atoms with Gasteiger partial charge in [-0.05, 0) is 31.2 Å². The highest BCUT2D eigenvalue weighted by atomic mass is 32.2. The zero-order valence-electron chi connectivity index (χ0n) is 15.7. The van der Waals surface area contributed by atoms with Crippen LogP contribution in [0.15, 0.2) is 56.5 Å². The summed E-state index contributed by atoms with van der Waals surface area (Å²) in [7, 11) is 0. The second-order valence-corrected chi connectivity index (χ2v) is 8.81. The molecule has 0 spiro atoms. The number of pyridine rings is 1. The van der Waals surface area contributed by atoms with Crippen LogP contribution in [-0.4, -0.2) is 24.6 Å². The zero-order valence-corrected chi connectivity index (χ0v) is 17.3. The Bertz CT molecular complexity index is 1450. The van der Waals surface area contributed by atoms with Crippen molar-refractivity contribution in [2.45, 2.75) is 23.5 Å². The highest BCUT2D eigenvalue weighted by molar-refractivity contribution is 7.99. The molecule has 0 fully saturated rings. The third-order valence-corrected chi connectivity index (χ3v) is 6.55. The number of thiophene rings is 1. The van der Waals surface area contributed by atoms with Crippen molar-refractivity contribution in [1.29, 1.82) is 0 Å². The van der Waals surface area contributed by atoms with Crippen LogP contribution in [0.3, 0.4) is 0 Å². The molecule has 31 heavy (non-hydrogen) atoms. The maximum atomic E-state index is 13.1. The standard InChI is InChI=1S/C19H12F3N5O2S2/c1-9(31-18-26-25-13-5-4-10(7-27(13)18)19(20,21)22)15-23-16(28)14-11(8-30-17(14)24-15)12-3-2-6-29-12/h2-9H,1H3,(H,23,24,28). The van der Waals surface area contributed by atoms with Crippen LogP contribution in [-0.2, 0) is 6.18 Å². The van der Waals surface area contributed by atoms with Gasteiger partial charge in [-0.25, -0.2) is 4.98 Å². The lowest BCUT2D eigenvalue weighted by Gasteiger charge is -2.10. The molecule has 0 bridgehead atoms. The van der Waals surface area contributed by atoms with E-state index >= 15 is 0 Å². The molecule has 0 radical (unpaired) electrons. The minimum absolute atomic E-state index is 0.263. The molecule has 0 saturated heterocycles. The van der Waals surface area contributed by atoms with Crippen molar-refractivity contribution < 1.29 is 17.6 Å². The summed E-state index contributed by atoms with van der Waals surface area (Å²) in [5, 5.41) is 10.0. The first-order valence-electron chi connectivity index (χ1n) is 8.95. The van der Waals surface area contributed by atoms with Crippen molar-refractivity contribution in [1.82, 2.24) is 24.6 Å². The fourth-order valence-electron chi connectivity index (χ4n) is 3.10. The van der Waals surface area contributed by atoms with E-state index in [9.17, 15) is 18.0 Å². The molecule has 0 saturated carbocycles. The predicted molar refractivity (Wildman–Crippen MR) is 110 cm³/mol. The second kappa shape index (κ2) is 7.24. The van der Waals surface area contributed by atoms with Crippen LogP contribution < -0.4 is 5.56 Å². The molecule has 1 unspecified atom stereocenters. The molecule has 5 aromatic heterocycles. The number of nitrogens with zero attached hydrogens (tertiary/aromatic N) is 4. The van der Waals surface area contributed by atoms with E-state index in [0.29, 0.717) is 33.0 Å². The van der Waals surface area contributed by atoms with Gasteiger partial charge in [-0.2, -0.15) is 13.2 Å². The Morgan fingerprint density at radius 1 is 1.26 bits per heavy atom. The molecule has 0 aliphatic carbocycles. The van der Waals surface area contributed by atoms with Gasteiger partial charge in [0, 0.05) is 17.1 Å². The van der Waals surface area contributed by atoms with Gasteiger partial charge in [-0.1, -0.05) is 11.8 Å². The summed E-state index contributed by atoms with van der Waals surface area (Å²) in [4.78, 5) is 20.6. The van der Waals surface area contributed by atoms with Crippen molar-refractivity contribution >= 4 is 39.0 Å². The summed E-state index contributed by atoms with van der Waals surface area (Å²) < 4.78 is 45.9. The van der Waals surface area contributed by atoms with E-state index in [4.69, 9.17) is 4.42 Å². The van der Waals surface area contributed by atoms with Crippen LogP contribution in [0.5, 0.6) is 0 Å². The molecule has 5 heterocycles. The van der Waals surface area contributed by atoms with Gasteiger partial charge in [0.1, 0.15) is 16.4 Å². The lowest BCUT2D eigenvalue weighted by atomic mass is 10.2. The number of H-pyrrole nitrogens is 1. The molecule has 7 nitrogen and oxygen atoms in total. The quantitative estimate of drug-likeness (QED) is 0.371. The number of hydrogen-bond acceptors (Lipinski definition) is 7. The molecule has 5 aromatic rings. The Kier molecular flexibility index (Phi) is 4.63. The fourth-order valence-corrected chi connectivity index (χ4v) is 4.93. The lowest BCUT2D eigenvalue weighted by Crippen LogP contribution is -2.12. The minimum atomic E-state index is -4.48. The predicted octanol–water partition coefficient (Wildman–Crippen LogP) is 5.16. The molecular weight excluding hydrogens is 451 g/mol. The van der Waals surface area contributed by atoms with Gasteiger partial charge in [-0.15, -0.1) is 21.5 Å². The molecule has 0 aliphatic heterocycles. The van der Waals surface area contributed by atoms with Crippen LogP contribution in [0.1, 0.15) is 23.6 Å². The third kappa shape index (κ3) is 3.51. The summed E-state index contributed by atoms with van der Waals surface area (Å²) in [6.07, 6.45) is -1.99. The van der Waals surface area contributed by atoms with Crippen molar-refractivity contribution in [3.8, 4) is 11.3 Å². The first-order chi connectivity index (χ1) is 14.8. The number of nitrogens with one attached hydrogen (secondary N) is 1. The minimum Gasteiger partial charge on any atom is -0.464 e. The van der Waals surface area contributed by atoms with E-state index in [1.807, 2.05) is 0 Å². The van der Waals surface area contributed by atoms with Crippen molar-refractivity contribution in [2.24, 2.45) is 0 Å². The summed E-state index contributed by atoms with van der Waals surface area (Å²) >= 11 is 2.46. The topological polar surface area (TPSA) is 89.1 Å². The van der Waals surface area contributed by atoms with Crippen LogP contribution in [0, 0.1) is 0 Å². The number of halogens is 3. The van der Waals surface area contributed by atoms with Gasteiger partial charge < -0.3 is 9.40 Å². The van der Waals surface area contributed by atoms with Crippen molar-refractivity contribution in [3.63, 3.8) is 0 Å². The molecule has 0 aliphatic rings. The van der Waals surface area contributed by atoms with Crippen LogP contribution in [0.25, 0.3) is 27.2 Å². The Labute approximate surface area is 180 Å². The number of thioether (sulfide) groups is 1. The Balaban J connectivity index is 1.50. The average Bonchev–Trinajstić information content (AvgIpc) is 3.46. The maximum Gasteiger partial charge on any atom is 0.417 e. The normalized spacial score (nSPS) is 13.3. The summed E-state index contributed by atoms with van der Waals surface area (Å²) in [5.41, 5.74) is -0.161. The first-order valence-corrected chi connectivity index (χ1v) is 10.7. The van der Waals surface area contributed by atoms with Crippen LogP contribution in [0.4, 0.5) is 13.2 Å². The number of aromatic nitrogens is 5. The molecule has 12 heteroatoms. The zero-order chi connectivity index (χ0) is 21.8. The summed E-state index contributed by atoms with van der Waals surface area (Å²) in [5.74, 6) is 0.961. The number of furan rings is 1. The maximum absolute atomic E-state index is 13.1. The smallest absolute Gasteiger partial charge is 0.417 e. The number of hydrogen-bond donors (Lipinski definition) is 1. The molecule has 5 rings (SSSR count). The summed E-state index contributed by atoms with van der Waals surface area (Å²) in [6.45, 7) is 1.78. The van der Waals surface area contributed by atoms with Gasteiger partial charge >= 0.3 is 6.18 Å². The molecule has 1 N–H and O–H groups in total. The number of rotatable bonds is 4. The molecule has 1 atom stereocenters. The molecule has 158 valence electrons. The van der Waals surface area contributed by atoms with E-state index in [0.717, 1.165) is 24.0 Å². The SMILES string of the molecule is CC(Sc1nnc2ccc(C(F)(F)F)cn12)c1nc2scc(-c3ccco3)c2c(=O)[nH]1. The van der Waals surface area contributed by atoms with E-state index in [1.54, 1.807) is 24.4 Å². The Hall–Kier alpha value is -3.12. The van der Waals surface area contributed by atoms with Gasteiger partial charge in [-0.3, -0.25) is 9.20 Å². The molecular formula is C19H12F3N5O2S2. The van der Waals surface area contributed by atoms with Crippen molar-refractivity contribution in [3.05, 3.63) is 63.8 Å². The highest BCUT2D eigenvalue weighted by Gasteiger charge is 2.31. The summed E-state index contributed by atoms with van der Waals surface area (Å²) in [6, 6.07) is 5.72. The molecule has 0 amide bonds. The Morgan fingerprint density at radius 2 is 2.10 bits per heavy atom. The number of alkyl halides is 3. The van der Waals surface area contributed by atoms with Gasteiger partial charge in [0.25, 0.3) is 5.56 Å². The van der Waals surface area contributed by atoms with Gasteiger partial charge in [0.05, 0.1) is 22.5 Å².